The van der Waals surface area contributed by atoms with E-state index in [-0.39, 0.29) is 44.6 Å². The molecule has 2 N–H and O–H groups in total. The lowest BCUT2D eigenvalue weighted by atomic mass is 9.92. The van der Waals surface area contributed by atoms with E-state index in [1.54, 1.807) is 0 Å². The maximum absolute atomic E-state index is 13.2. The minimum atomic E-state index is -2.50. The predicted molar refractivity (Wildman–Crippen MR) is 153 cm³/mol. The van der Waals surface area contributed by atoms with Crippen molar-refractivity contribution in [3.63, 3.8) is 0 Å². The lowest BCUT2D eigenvalue weighted by molar-refractivity contribution is -0.0630. The van der Waals surface area contributed by atoms with Crippen LogP contribution in [0.3, 0.4) is 0 Å². The number of halogens is 6. The molecule has 0 aliphatic heterocycles. The zero-order valence-electron chi connectivity index (χ0n) is 20.0. The first-order valence-electron chi connectivity index (χ1n) is 12.2. The van der Waals surface area contributed by atoms with Gasteiger partial charge in [0.1, 0.15) is 0 Å². The van der Waals surface area contributed by atoms with Gasteiger partial charge < -0.3 is 5.11 Å². The van der Waals surface area contributed by atoms with Crippen LogP contribution in [0, 0.1) is 7.14 Å². The van der Waals surface area contributed by atoms with E-state index in [1.165, 1.54) is 8.96 Å². The highest BCUT2D eigenvalue weighted by Gasteiger charge is 2.36. The molecule has 37 heavy (non-hydrogen) atoms. The number of aliphatic hydroxyl groups excluding tert-OH is 1. The lowest BCUT2D eigenvalue weighted by Crippen LogP contribution is -2.26. The largest absolute Gasteiger partial charge is 0.393 e. The van der Waals surface area contributed by atoms with Crippen molar-refractivity contribution in [1.82, 2.24) is 20.0 Å². The van der Waals surface area contributed by atoms with E-state index in [1.807, 2.05) is 35.3 Å². The molecule has 0 spiro atoms. The van der Waals surface area contributed by atoms with E-state index in [9.17, 15) is 17.6 Å². The van der Waals surface area contributed by atoms with Gasteiger partial charge in [0.15, 0.2) is 0 Å². The number of alkyl halides is 4. The molecule has 2 aliphatic carbocycles. The molecule has 200 valence electrons. The van der Waals surface area contributed by atoms with Crippen LogP contribution in [0.15, 0.2) is 48.8 Å². The number of hydrogen-bond donors (Lipinski definition) is 2. The van der Waals surface area contributed by atoms with Gasteiger partial charge in [-0.05, 0) is 107 Å². The SMILES string of the molecule is FC1(F)CCC(n2ncc3cc(I)ccc32)CC1.Ic1ccc2[nH]ncc2c1.OC1CCC(F)(F)CC1. The van der Waals surface area contributed by atoms with Gasteiger partial charge in [-0.15, -0.1) is 0 Å². The topological polar surface area (TPSA) is 66.7 Å². The Hall–Kier alpha value is -1.48. The number of aromatic amines is 1. The van der Waals surface area contributed by atoms with E-state index in [2.05, 4.69) is 78.7 Å². The van der Waals surface area contributed by atoms with Crippen molar-refractivity contribution in [2.45, 2.75) is 75.4 Å². The monoisotopic (exact) mass is 742 g/mol. The summed E-state index contributed by atoms with van der Waals surface area (Å²) in [6.07, 6.45) is 4.37. The number of hydrogen-bond acceptors (Lipinski definition) is 3. The average Bonchev–Trinajstić information content (AvgIpc) is 3.48. The Bertz CT molecular complexity index is 1310. The molecule has 2 saturated carbocycles. The smallest absolute Gasteiger partial charge is 0.248 e. The van der Waals surface area contributed by atoms with Crippen LogP contribution < -0.4 is 0 Å². The highest BCUT2D eigenvalue weighted by molar-refractivity contribution is 14.1. The maximum atomic E-state index is 13.2. The maximum Gasteiger partial charge on any atom is 0.248 e. The van der Waals surface area contributed by atoms with Gasteiger partial charge in [0, 0.05) is 43.6 Å². The van der Waals surface area contributed by atoms with Crippen molar-refractivity contribution < 1.29 is 22.7 Å². The summed E-state index contributed by atoms with van der Waals surface area (Å²) in [4.78, 5) is 0. The normalized spacial score (nSPS) is 19.6. The molecule has 0 amide bonds. The molecule has 0 atom stereocenters. The number of nitrogens with zero attached hydrogens (tertiary/aromatic N) is 3. The fourth-order valence-corrected chi connectivity index (χ4v) is 5.55. The number of H-pyrrole nitrogens is 1. The van der Waals surface area contributed by atoms with Crippen molar-refractivity contribution in [1.29, 1.82) is 0 Å². The fourth-order valence-electron chi connectivity index (χ4n) is 4.52. The minimum Gasteiger partial charge on any atom is -0.393 e. The summed E-state index contributed by atoms with van der Waals surface area (Å²) in [5.41, 5.74) is 2.14. The molecule has 2 heterocycles. The Labute approximate surface area is 239 Å². The van der Waals surface area contributed by atoms with Crippen molar-refractivity contribution in [3.8, 4) is 0 Å². The molecule has 0 unspecified atom stereocenters. The van der Waals surface area contributed by atoms with Crippen LogP contribution in [-0.2, 0) is 0 Å². The molecule has 2 fully saturated rings. The second kappa shape index (κ2) is 12.1. The number of benzene rings is 2. The first-order chi connectivity index (χ1) is 17.5. The van der Waals surface area contributed by atoms with E-state index < -0.39 is 17.9 Å². The molecular formula is C26H28F4I2N4O. The molecule has 6 rings (SSSR count). The first kappa shape index (κ1) is 28.5. The summed E-state index contributed by atoms with van der Waals surface area (Å²) in [7, 11) is 0. The van der Waals surface area contributed by atoms with Gasteiger partial charge >= 0.3 is 0 Å². The minimum absolute atomic E-state index is 0.0244. The summed E-state index contributed by atoms with van der Waals surface area (Å²) < 4.78 is 55.2. The highest BCUT2D eigenvalue weighted by Crippen LogP contribution is 2.39. The Morgan fingerprint density at radius 3 is 2.00 bits per heavy atom. The lowest BCUT2D eigenvalue weighted by Gasteiger charge is -2.28. The molecule has 5 nitrogen and oxygen atoms in total. The quantitative estimate of drug-likeness (QED) is 0.153. The third-order valence-corrected chi connectivity index (χ3v) is 8.02. The molecule has 0 radical (unpaired) electrons. The van der Waals surface area contributed by atoms with Gasteiger partial charge in [-0.2, -0.15) is 10.2 Å². The molecule has 2 aromatic carbocycles. The molecule has 0 bridgehead atoms. The number of fused-ring (bicyclic) bond motifs is 2. The van der Waals surface area contributed by atoms with Crippen molar-refractivity contribution in [3.05, 3.63) is 55.9 Å². The van der Waals surface area contributed by atoms with E-state index in [0.717, 1.165) is 20.0 Å². The van der Waals surface area contributed by atoms with Crippen molar-refractivity contribution >= 4 is 67.0 Å². The summed E-state index contributed by atoms with van der Waals surface area (Å²) in [5, 5.41) is 22.2. The van der Waals surface area contributed by atoms with E-state index >= 15 is 0 Å². The third-order valence-electron chi connectivity index (χ3n) is 6.68. The standard InChI is InChI=1S/C13H13F2IN2.C7H5IN2.C6H10F2O/c14-13(15)5-3-11(4-6-13)18-12-2-1-10(16)7-9(12)8-17-18;8-6-1-2-7-5(3-6)4-9-10-7;7-6(8)3-1-5(9)2-4-6/h1-2,7-8,11H,3-6H2;1-4H,(H,9,10);5,9H,1-4H2. The number of aliphatic hydroxyl groups is 1. The Morgan fingerprint density at radius 2 is 1.38 bits per heavy atom. The van der Waals surface area contributed by atoms with Crippen LogP contribution in [0.1, 0.15) is 57.4 Å². The predicted octanol–water partition coefficient (Wildman–Crippen LogP) is 8.12. The number of rotatable bonds is 1. The first-order valence-corrected chi connectivity index (χ1v) is 14.3. The number of nitrogens with one attached hydrogen (secondary N) is 1. The Morgan fingerprint density at radius 1 is 0.811 bits per heavy atom. The van der Waals surface area contributed by atoms with Crippen molar-refractivity contribution in [2.24, 2.45) is 0 Å². The molecule has 4 aromatic rings. The van der Waals surface area contributed by atoms with Gasteiger partial charge in [0.25, 0.3) is 0 Å². The molecule has 0 saturated heterocycles. The summed E-state index contributed by atoms with van der Waals surface area (Å²) in [5.74, 6) is -4.98. The van der Waals surface area contributed by atoms with Gasteiger partial charge in [-0.1, -0.05) is 0 Å². The zero-order valence-corrected chi connectivity index (χ0v) is 24.3. The third kappa shape index (κ3) is 8.01. The summed E-state index contributed by atoms with van der Waals surface area (Å²) >= 11 is 4.54. The molecule has 2 aliphatic rings. The Balaban J connectivity index is 0.000000143. The van der Waals surface area contributed by atoms with Crippen LogP contribution in [0.5, 0.6) is 0 Å². The molecule has 2 aromatic heterocycles. The Kier molecular flexibility index (Phi) is 9.36. The van der Waals surface area contributed by atoms with E-state index in [4.69, 9.17) is 5.11 Å². The average molecular weight is 742 g/mol. The highest BCUT2D eigenvalue weighted by atomic mass is 127. The van der Waals surface area contributed by atoms with Gasteiger partial charge in [-0.25, -0.2) is 17.6 Å². The van der Waals surface area contributed by atoms with Gasteiger partial charge in [0.05, 0.1) is 35.6 Å². The van der Waals surface area contributed by atoms with Crippen LogP contribution in [0.2, 0.25) is 0 Å². The number of aromatic nitrogens is 4. The van der Waals surface area contributed by atoms with Crippen LogP contribution >= 0.6 is 45.2 Å². The van der Waals surface area contributed by atoms with E-state index in [0.29, 0.717) is 12.8 Å². The fraction of sp³-hybridized carbons (Fsp3) is 0.462. The van der Waals surface area contributed by atoms with Gasteiger partial charge in [-0.3, -0.25) is 9.78 Å². The molecular weight excluding hydrogens is 714 g/mol. The second-order valence-electron chi connectivity index (χ2n) is 9.57. The van der Waals surface area contributed by atoms with Gasteiger partial charge in [0.2, 0.25) is 11.8 Å². The second-order valence-corrected chi connectivity index (χ2v) is 12.1. The van der Waals surface area contributed by atoms with Crippen LogP contribution in [0.25, 0.3) is 21.8 Å². The summed E-state index contributed by atoms with van der Waals surface area (Å²) in [6, 6.07) is 12.4. The molecule has 11 heteroatoms. The summed E-state index contributed by atoms with van der Waals surface area (Å²) in [6.45, 7) is 0. The zero-order chi connectivity index (χ0) is 26.6. The van der Waals surface area contributed by atoms with Crippen molar-refractivity contribution in [2.75, 3.05) is 0 Å². The van der Waals surface area contributed by atoms with Crippen LogP contribution in [0.4, 0.5) is 17.6 Å². The van der Waals surface area contributed by atoms with Crippen LogP contribution in [-0.4, -0.2) is 43.0 Å².